The number of benzene rings is 1. The minimum Gasteiger partial charge on any atom is -0.442 e. The molecule has 0 N–H and O–H groups in total. The van der Waals surface area contributed by atoms with Crippen molar-refractivity contribution in [1.29, 1.82) is 0 Å². The molecule has 1 heterocycles. The van der Waals surface area contributed by atoms with Gasteiger partial charge >= 0.3 is 0 Å². The molecule has 17 heavy (non-hydrogen) atoms. The summed E-state index contributed by atoms with van der Waals surface area (Å²) >= 11 is 5.65. The molecule has 1 unspecified atom stereocenters. The molecule has 2 aromatic rings. The van der Waals surface area contributed by atoms with Gasteiger partial charge in [-0.15, -0.1) is 0 Å². The Morgan fingerprint density at radius 2 is 2.12 bits per heavy atom. The summed E-state index contributed by atoms with van der Waals surface area (Å²) in [4.78, 5) is 11.9. The van der Waals surface area contributed by atoms with Crippen LogP contribution >= 0.6 is 11.6 Å². The van der Waals surface area contributed by atoms with E-state index < -0.39 is 0 Å². The topological polar surface area (TPSA) is 30.2 Å². The molecule has 1 aliphatic carbocycles. The summed E-state index contributed by atoms with van der Waals surface area (Å²) < 4.78 is 5.12. The number of ketones is 1. The molecular weight excluding hydrogens is 236 g/mol. The van der Waals surface area contributed by atoms with Crippen molar-refractivity contribution in [3.63, 3.8) is 0 Å². The van der Waals surface area contributed by atoms with Gasteiger partial charge in [0.25, 0.3) is 0 Å². The number of Topliss-reactive ketones (excluding diaryl/α,β-unsaturated/α-hetero) is 1. The Labute approximate surface area is 104 Å². The zero-order valence-electron chi connectivity index (χ0n) is 9.15. The molecule has 86 valence electrons. The molecule has 1 aromatic heterocycles. The van der Waals surface area contributed by atoms with E-state index in [0.717, 1.165) is 6.42 Å². The standard InChI is InChI=1S/C14H11ClO2/c15-14-6-5-13(17-14)12(16)8-10-7-9-3-1-2-4-11(9)10/h1-6,10H,7-8H2. The number of hydrogen-bond acceptors (Lipinski definition) is 2. The first kappa shape index (κ1) is 10.6. The van der Waals surface area contributed by atoms with Crippen LogP contribution in [0.2, 0.25) is 5.22 Å². The molecule has 1 aromatic carbocycles. The monoisotopic (exact) mass is 246 g/mol. The van der Waals surface area contributed by atoms with Crippen LogP contribution in [0, 0.1) is 0 Å². The fourth-order valence-corrected chi connectivity index (χ4v) is 2.48. The average molecular weight is 247 g/mol. The van der Waals surface area contributed by atoms with E-state index in [4.69, 9.17) is 16.0 Å². The normalized spacial score (nSPS) is 17.4. The second kappa shape index (κ2) is 4.04. The summed E-state index contributed by atoms with van der Waals surface area (Å²) in [7, 11) is 0. The van der Waals surface area contributed by atoms with Gasteiger partial charge < -0.3 is 4.42 Å². The average Bonchev–Trinajstić information content (AvgIpc) is 2.73. The number of hydrogen-bond donors (Lipinski definition) is 0. The second-order valence-electron chi connectivity index (χ2n) is 4.33. The lowest BCUT2D eigenvalue weighted by Crippen LogP contribution is -2.19. The van der Waals surface area contributed by atoms with Crippen LogP contribution in [0.3, 0.4) is 0 Å². The van der Waals surface area contributed by atoms with Gasteiger partial charge in [0.2, 0.25) is 0 Å². The van der Waals surface area contributed by atoms with Gasteiger partial charge in [0.05, 0.1) is 0 Å². The minimum absolute atomic E-state index is 0.0244. The molecule has 0 spiro atoms. The van der Waals surface area contributed by atoms with Crippen molar-refractivity contribution in [2.75, 3.05) is 0 Å². The predicted molar refractivity (Wildman–Crippen MR) is 65.6 cm³/mol. The third kappa shape index (κ3) is 1.89. The van der Waals surface area contributed by atoms with Crippen molar-refractivity contribution in [2.45, 2.75) is 18.8 Å². The van der Waals surface area contributed by atoms with Crippen LogP contribution in [0.4, 0.5) is 0 Å². The first-order valence-corrected chi connectivity index (χ1v) is 5.98. The van der Waals surface area contributed by atoms with Crippen molar-refractivity contribution >= 4 is 17.4 Å². The number of carbonyl (C=O) groups is 1. The third-order valence-electron chi connectivity index (χ3n) is 3.24. The van der Waals surface area contributed by atoms with Gasteiger partial charge in [-0.2, -0.15) is 0 Å². The number of rotatable bonds is 3. The molecule has 0 fully saturated rings. The van der Waals surface area contributed by atoms with Gasteiger partial charge in [0.1, 0.15) is 0 Å². The first-order valence-electron chi connectivity index (χ1n) is 5.60. The molecule has 0 saturated heterocycles. The number of furan rings is 1. The smallest absolute Gasteiger partial charge is 0.198 e. The SMILES string of the molecule is O=C(CC1Cc2ccccc21)c1ccc(Cl)o1. The van der Waals surface area contributed by atoms with E-state index >= 15 is 0 Å². The van der Waals surface area contributed by atoms with Crippen molar-refractivity contribution in [3.05, 3.63) is 58.5 Å². The van der Waals surface area contributed by atoms with E-state index in [1.165, 1.54) is 11.1 Å². The quantitative estimate of drug-likeness (QED) is 0.770. The third-order valence-corrected chi connectivity index (χ3v) is 3.44. The van der Waals surface area contributed by atoms with Crippen LogP contribution in [-0.4, -0.2) is 5.78 Å². The number of carbonyl (C=O) groups excluding carboxylic acids is 1. The molecule has 3 rings (SSSR count). The van der Waals surface area contributed by atoms with Crippen molar-refractivity contribution in [1.82, 2.24) is 0 Å². The molecule has 3 heteroatoms. The van der Waals surface area contributed by atoms with E-state index in [0.29, 0.717) is 18.1 Å². The van der Waals surface area contributed by atoms with E-state index in [1.807, 2.05) is 12.1 Å². The Bertz CT molecular complexity index is 571. The summed E-state index contributed by atoms with van der Waals surface area (Å²) in [6, 6.07) is 11.5. The zero-order chi connectivity index (χ0) is 11.8. The van der Waals surface area contributed by atoms with Gasteiger partial charge in [0, 0.05) is 6.42 Å². The molecule has 0 amide bonds. The van der Waals surface area contributed by atoms with E-state index in [9.17, 15) is 4.79 Å². The molecule has 0 saturated carbocycles. The highest BCUT2D eigenvalue weighted by atomic mass is 35.5. The summed E-state index contributed by atoms with van der Waals surface area (Å²) in [5.74, 6) is 0.721. The van der Waals surface area contributed by atoms with Gasteiger partial charge in [-0.25, -0.2) is 0 Å². The summed E-state index contributed by atoms with van der Waals surface area (Å²) in [6.45, 7) is 0. The minimum atomic E-state index is 0.0244. The lowest BCUT2D eigenvalue weighted by atomic mass is 9.75. The van der Waals surface area contributed by atoms with Crippen LogP contribution in [0.1, 0.15) is 34.0 Å². The van der Waals surface area contributed by atoms with Crippen LogP contribution in [0.25, 0.3) is 0 Å². The maximum absolute atomic E-state index is 11.9. The predicted octanol–water partition coefficient (Wildman–Crippen LogP) is 3.85. The summed E-state index contributed by atoms with van der Waals surface area (Å²) in [5, 5.41) is 0.266. The van der Waals surface area contributed by atoms with Gasteiger partial charge in [-0.3, -0.25) is 4.79 Å². The van der Waals surface area contributed by atoms with Gasteiger partial charge in [-0.05, 0) is 47.2 Å². The van der Waals surface area contributed by atoms with Crippen LogP contribution < -0.4 is 0 Å². The molecule has 0 aliphatic heterocycles. The molecule has 0 bridgehead atoms. The van der Waals surface area contributed by atoms with E-state index in [-0.39, 0.29) is 11.0 Å². The van der Waals surface area contributed by atoms with Gasteiger partial charge in [-0.1, -0.05) is 24.3 Å². The Morgan fingerprint density at radius 1 is 1.29 bits per heavy atom. The fourth-order valence-electron chi connectivity index (χ4n) is 2.33. The maximum Gasteiger partial charge on any atom is 0.198 e. The highest BCUT2D eigenvalue weighted by molar-refractivity contribution is 6.29. The Kier molecular flexibility index (Phi) is 2.52. The van der Waals surface area contributed by atoms with Crippen molar-refractivity contribution < 1.29 is 9.21 Å². The molecule has 0 radical (unpaired) electrons. The first-order chi connectivity index (χ1) is 8.24. The highest BCUT2D eigenvalue weighted by Crippen LogP contribution is 2.38. The van der Waals surface area contributed by atoms with Crippen molar-refractivity contribution in [2.24, 2.45) is 0 Å². The zero-order valence-corrected chi connectivity index (χ0v) is 9.91. The molecular formula is C14H11ClO2. The van der Waals surface area contributed by atoms with Crippen LogP contribution in [-0.2, 0) is 6.42 Å². The van der Waals surface area contributed by atoms with Crippen LogP contribution in [0.15, 0.2) is 40.8 Å². The Balaban J connectivity index is 1.72. The molecule has 1 atom stereocenters. The fraction of sp³-hybridized carbons (Fsp3) is 0.214. The second-order valence-corrected chi connectivity index (χ2v) is 4.70. The van der Waals surface area contributed by atoms with E-state index in [2.05, 4.69) is 12.1 Å². The van der Waals surface area contributed by atoms with Crippen molar-refractivity contribution in [3.8, 4) is 0 Å². The van der Waals surface area contributed by atoms with Crippen LogP contribution in [0.5, 0.6) is 0 Å². The molecule has 1 aliphatic rings. The van der Waals surface area contributed by atoms with E-state index in [1.54, 1.807) is 12.1 Å². The number of halogens is 1. The lowest BCUT2D eigenvalue weighted by Gasteiger charge is -2.29. The highest BCUT2D eigenvalue weighted by Gasteiger charge is 2.28. The Morgan fingerprint density at radius 3 is 2.82 bits per heavy atom. The Hall–Kier alpha value is -1.54. The molecule has 2 nitrogen and oxygen atoms in total. The summed E-state index contributed by atoms with van der Waals surface area (Å²) in [5.41, 5.74) is 2.64. The van der Waals surface area contributed by atoms with Gasteiger partial charge in [0.15, 0.2) is 16.8 Å². The lowest BCUT2D eigenvalue weighted by molar-refractivity contribution is 0.0943. The largest absolute Gasteiger partial charge is 0.442 e. The number of fused-ring (bicyclic) bond motifs is 1. The maximum atomic E-state index is 11.9. The summed E-state index contributed by atoms with van der Waals surface area (Å²) in [6.07, 6.45) is 1.48.